The van der Waals surface area contributed by atoms with Crippen LogP contribution in [0.3, 0.4) is 0 Å². The van der Waals surface area contributed by atoms with Crippen LogP contribution in [0.25, 0.3) is 0 Å². The second-order valence-corrected chi connectivity index (χ2v) is 4.63. The van der Waals surface area contributed by atoms with E-state index in [9.17, 15) is 0 Å². The van der Waals surface area contributed by atoms with E-state index in [2.05, 4.69) is 18.7 Å². The molecule has 2 fully saturated rings. The molecule has 0 aromatic heterocycles. The molecular formula is C10H20N2. The lowest BCUT2D eigenvalue weighted by Crippen LogP contribution is -2.44. The van der Waals surface area contributed by atoms with Crippen molar-refractivity contribution in [1.29, 1.82) is 0 Å². The third kappa shape index (κ3) is 1.17. The number of nitrogens with zero attached hydrogens (tertiary/aromatic N) is 1. The zero-order valence-corrected chi connectivity index (χ0v) is 8.16. The molecule has 0 amide bonds. The fourth-order valence-corrected chi connectivity index (χ4v) is 2.89. The van der Waals surface area contributed by atoms with Gasteiger partial charge >= 0.3 is 0 Å². The molecule has 1 aliphatic carbocycles. The molecule has 2 aliphatic rings. The number of likely N-dealkylation sites (tertiary alicyclic amines) is 1. The van der Waals surface area contributed by atoms with Crippen molar-refractivity contribution in [3.8, 4) is 0 Å². The van der Waals surface area contributed by atoms with Crippen molar-refractivity contribution in [3.05, 3.63) is 0 Å². The molecular weight excluding hydrogens is 148 g/mol. The summed E-state index contributed by atoms with van der Waals surface area (Å²) in [7, 11) is 0. The predicted molar refractivity (Wildman–Crippen MR) is 50.9 cm³/mol. The summed E-state index contributed by atoms with van der Waals surface area (Å²) < 4.78 is 0. The summed E-state index contributed by atoms with van der Waals surface area (Å²) >= 11 is 0. The normalized spacial score (nSPS) is 42.5. The lowest BCUT2D eigenvalue weighted by molar-refractivity contribution is 0.188. The second kappa shape index (κ2) is 3.00. The Bertz CT molecular complexity index is 167. The summed E-state index contributed by atoms with van der Waals surface area (Å²) in [6.07, 6.45) is 4.09. The first-order valence-electron chi connectivity index (χ1n) is 5.21. The Balaban J connectivity index is 2.11. The van der Waals surface area contributed by atoms with Gasteiger partial charge in [0, 0.05) is 24.7 Å². The summed E-state index contributed by atoms with van der Waals surface area (Å²) in [6.45, 7) is 5.82. The molecule has 3 atom stereocenters. The highest BCUT2D eigenvalue weighted by molar-refractivity contribution is 4.99. The van der Waals surface area contributed by atoms with E-state index < -0.39 is 0 Å². The topological polar surface area (TPSA) is 29.3 Å². The molecule has 12 heavy (non-hydrogen) atoms. The average molecular weight is 168 g/mol. The number of rotatable bonds is 1. The first kappa shape index (κ1) is 8.52. The predicted octanol–water partition coefficient (Wildman–Crippen LogP) is 1.21. The fourth-order valence-electron chi connectivity index (χ4n) is 2.89. The zero-order valence-electron chi connectivity index (χ0n) is 8.16. The van der Waals surface area contributed by atoms with Crippen LogP contribution in [0.4, 0.5) is 0 Å². The maximum absolute atomic E-state index is 6.17. The van der Waals surface area contributed by atoms with Crippen LogP contribution < -0.4 is 5.73 Å². The molecule has 0 spiro atoms. The third-order valence-electron chi connectivity index (χ3n) is 3.60. The monoisotopic (exact) mass is 168 g/mol. The average Bonchev–Trinajstić information content (AvgIpc) is 2.27. The largest absolute Gasteiger partial charge is 0.326 e. The van der Waals surface area contributed by atoms with E-state index in [1.165, 1.54) is 25.8 Å². The van der Waals surface area contributed by atoms with Gasteiger partial charge in [0.1, 0.15) is 0 Å². The number of fused-ring (bicyclic) bond motifs is 2. The van der Waals surface area contributed by atoms with Gasteiger partial charge in [-0.1, -0.05) is 6.42 Å². The Kier molecular flexibility index (Phi) is 2.13. The summed E-state index contributed by atoms with van der Waals surface area (Å²) in [5, 5.41) is 0. The smallest absolute Gasteiger partial charge is 0.0253 e. The van der Waals surface area contributed by atoms with Crippen LogP contribution in [-0.2, 0) is 0 Å². The molecule has 0 radical (unpaired) electrons. The van der Waals surface area contributed by atoms with E-state index >= 15 is 0 Å². The van der Waals surface area contributed by atoms with Crippen molar-refractivity contribution in [2.75, 3.05) is 6.54 Å². The number of nitrogens with two attached hydrogens (primary N) is 1. The zero-order chi connectivity index (χ0) is 8.72. The highest BCUT2D eigenvalue weighted by atomic mass is 15.2. The van der Waals surface area contributed by atoms with Crippen molar-refractivity contribution in [3.63, 3.8) is 0 Å². The Labute approximate surface area is 75.1 Å². The standard InChI is InChI=1S/C10H20N2/c1-7(2)12-6-8-4-3-5-9(12)10(8)11/h7-10H,3-6,11H2,1-2H3/t8-,9-,10-/m0/s1. The summed E-state index contributed by atoms with van der Waals surface area (Å²) in [5.41, 5.74) is 6.17. The molecule has 2 nitrogen and oxygen atoms in total. The number of hydrogen-bond donors (Lipinski definition) is 1. The molecule has 2 bridgehead atoms. The van der Waals surface area contributed by atoms with Gasteiger partial charge in [-0.15, -0.1) is 0 Å². The van der Waals surface area contributed by atoms with Crippen molar-refractivity contribution < 1.29 is 0 Å². The van der Waals surface area contributed by atoms with Crippen LogP contribution in [0.5, 0.6) is 0 Å². The molecule has 1 saturated carbocycles. The van der Waals surface area contributed by atoms with E-state index in [-0.39, 0.29) is 0 Å². The van der Waals surface area contributed by atoms with E-state index in [0.29, 0.717) is 18.1 Å². The van der Waals surface area contributed by atoms with Gasteiger partial charge in [-0.2, -0.15) is 0 Å². The van der Waals surface area contributed by atoms with E-state index in [4.69, 9.17) is 5.73 Å². The highest BCUT2D eigenvalue weighted by Gasteiger charge is 2.42. The number of hydrogen-bond acceptors (Lipinski definition) is 2. The van der Waals surface area contributed by atoms with Gasteiger partial charge in [0.15, 0.2) is 0 Å². The minimum Gasteiger partial charge on any atom is -0.326 e. The van der Waals surface area contributed by atoms with Crippen molar-refractivity contribution in [2.24, 2.45) is 11.7 Å². The second-order valence-electron chi connectivity index (χ2n) is 4.63. The maximum Gasteiger partial charge on any atom is 0.0253 e. The Morgan fingerprint density at radius 1 is 1.33 bits per heavy atom. The van der Waals surface area contributed by atoms with Gasteiger partial charge in [-0.3, -0.25) is 4.90 Å². The molecule has 1 aliphatic heterocycles. The van der Waals surface area contributed by atoms with Gasteiger partial charge in [0.2, 0.25) is 0 Å². The van der Waals surface area contributed by atoms with E-state index in [1.54, 1.807) is 0 Å². The lowest BCUT2D eigenvalue weighted by Gasteiger charge is -2.31. The molecule has 2 N–H and O–H groups in total. The minimum atomic E-state index is 0.473. The van der Waals surface area contributed by atoms with Crippen molar-refractivity contribution >= 4 is 0 Å². The molecule has 0 aromatic rings. The van der Waals surface area contributed by atoms with Crippen LogP contribution in [0, 0.1) is 5.92 Å². The fraction of sp³-hybridized carbons (Fsp3) is 1.00. The first-order chi connectivity index (χ1) is 5.70. The Morgan fingerprint density at radius 3 is 2.67 bits per heavy atom. The van der Waals surface area contributed by atoms with Gasteiger partial charge in [0.25, 0.3) is 0 Å². The van der Waals surface area contributed by atoms with Crippen LogP contribution >= 0.6 is 0 Å². The summed E-state index contributed by atoms with van der Waals surface area (Å²) in [5.74, 6) is 0.797. The first-order valence-corrected chi connectivity index (χ1v) is 5.21. The molecule has 1 saturated heterocycles. The van der Waals surface area contributed by atoms with E-state index in [1.807, 2.05) is 0 Å². The molecule has 1 heterocycles. The molecule has 2 heteroatoms. The van der Waals surface area contributed by atoms with E-state index in [0.717, 1.165) is 5.92 Å². The van der Waals surface area contributed by atoms with Crippen LogP contribution in [0.15, 0.2) is 0 Å². The van der Waals surface area contributed by atoms with Crippen LogP contribution in [0.1, 0.15) is 33.1 Å². The lowest BCUT2D eigenvalue weighted by atomic mass is 9.86. The van der Waals surface area contributed by atoms with Crippen LogP contribution in [0.2, 0.25) is 0 Å². The minimum absolute atomic E-state index is 0.473. The van der Waals surface area contributed by atoms with Gasteiger partial charge in [0.05, 0.1) is 0 Å². The Hall–Kier alpha value is -0.0800. The van der Waals surface area contributed by atoms with Gasteiger partial charge in [-0.25, -0.2) is 0 Å². The van der Waals surface area contributed by atoms with Gasteiger partial charge in [-0.05, 0) is 32.6 Å². The summed E-state index contributed by atoms with van der Waals surface area (Å²) in [6, 6.07) is 1.86. The van der Waals surface area contributed by atoms with Crippen molar-refractivity contribution in [2.45, 2.75) is 51.2 Å². The molecule has 0 aromatic carbocycles. The van der Waals surface area contributed by atoms with Crippen LogP contribution in [-0.4, -0.2) is 29.6 Å². The van der Waals surface area contributed by atoms with Gasteiger partial charge < -0.3 is 5.73 Å². The SMILES string of the molecule is CC(C)N1C[C@@H]2CCC[C@H]1[C@H]2N. The molecule has 70 valence electrons. The summed E-state index contributed by atoms with van der Waals surface area (Å²) in [4.78, 5) is 2.60. The quantitative estimate of drug-likeness (QED) is 0.637. The molecule has 2 rings (SSSR count). The molecule has 0 unspecified atom stereocenters. The maximum atomic E-state index is 6.17. The van der Waals surface area contributed by atoms with Crippen molar-refractivity contribution in [1.82, 2.24) is 4.90 Å². The Morgan fingerprint density at radius 2 is 2.08 bits per heavy atom. The third-order valence-corrected chi connectivity index (χ3v) is 3.60. The highest BCUT2D eigenvalue weighted by Crippen LogP contribution is 2.35.